The molecule has 4 unspecified atom stereocenters. The summed E-state index contributed by atoms with van der Waals surface area (Å²) in [7, 11) is 0. The van der Waals surface area contributed by atoms with E-state index in [0.717, 1.165) is 46.3 Å². The van der Waals surface area contributed by atoms with Crippen LogP contribution >= 0.6 is 0 Å². The second-order valence-corrected chi connectivity index (χ2v) is 18.3. The van der Waals surface area contributed by atoms with Crippen LogP contribution in [0.5, 0.6) is 0 Å². The molecule has 8 aliphatic rings. The molecule has 250 valence electrons. The summed E-state index contributed by atoms with van der Waals surface area (Å²) in [5.74, 6) is 6.04. The molecule has 4 heteroatoms. The van der Waals surface area contributed by atoms with Crippen molar-refractivity contribution in [2.45, 2.75) is 128 Å². The number of hydrogen-bond donors (Lipinski definition) is 0. The van der Waals surface area contributed by atoms with Crippen molar-refractivity contribution in [1.29, 1.82) is 0 Å². The molecule has 0 N–H and O–H groups in total. The maximum atomic E-state index is 2.93. The fourth-order valence-electron chi connectivity index (χ4n) is 12.6. The highest BCUT2D eigenvalue weighted by molar-refractivity contribution is 5.07. The van der Waals surface area contributed by atoms with Gasteiger partial charge in [-0.3, -0.25) is 0 Å². The number of rotatable bonds is 15. The van der Waals surface area contributed by atoms with E-state index in [0.29, 0.717) is 0 Å². The molecule has 2 spiro atoms. The van der Waals surface area contributed by atoms with Gasteiger partial charge in [0.25, 0.3) is 0 Å². The molecular weight excluding hydrogens is 536 g/mol. The van der Waals surface area contributed by atoms with E-state index in [1.165, 1.54) is 181 Å². The fraction of sp³-hybridized carbons (Fsp3) is 1.00. The zero-order valence-electron chi connectivity index (χ0n) is 28.9. The minimum Gasteiger partial charge on any atom is -0.303 e. The van der Waals surface area contributed by atoms with Crippen LogP contribution in [0, 0.1) is 46.3 Å². The zero-order valence-corrected chi connectivity index (χ0v) is 28.9. The van der Waals surface area contributed by atoms with Crippen molar-refractivity contribution in [3.8, 4) is 0 Å². The topological polar surface area (TPSA) is 13.0 Å². The van der Waals surface area contributed by atoms with E-state index in [4.69, 9.17) is 0 Å². The van der Waals surface area contributed by atoms with Crippen LogP contribution in [-0.4, -0.2) is 98.1 Å². The molecule has 0 radical (unpaired) electrons. The Hall–Kier alpha value is -0.160. The van der Waals surface area contributed by atoms with Crippen molar-refractivity contribution in [1.82, 2.24) is 19.6 Å². The molecule has 4 aliphatic carbocycles. The Morgan fingerprint density at radius 3 is 0.977 bits per heavy atom. The first-order chi connectivity index (χ1) is 21.7. The minimum absolute atomic E-state index is 0.748. The minimum atomic E-state index is 0.748. The lowest BCUT2D eigenvalue weighted by Crippen LogP contribution is -2.62. The largest absolute Gasteiger partial charge is 0.303 e. The van der Waals surface area contributed by atoms with Gasteiger partial charge < -0.3 is 19.6 Å². The van der Waals surface area contributed by atoms with Crippen LogP contribution in [0.25, 0.3) is 0 Å². The van der Waals surface area contributed by atoms with Gasteiger partial charge in [-0.2, -0.15) is 0 Å². The molecule has 4 heterocycles. The van der Waals surface area contributed by atoms with E-state index >= 15 is 0 Å². The van der Waals surface area contributed by atoms with E-state index in [1.807, 2.05) is 0 Å². The van der Waals surface area contributed by atoms with Crippen LogP contribution in [0.3, 0.4) is 0 Å². The molecule has 4 saturated carbocycles. The van der Waals surface area contributed by atoms with Gasteiger partial charge in [0.05, 0.1) is 0 Å². The number of likely N-dealkylation sites (tertiary alicyclic amines) is 4. The first-order valence-corrected chi connectivity index (χ1v) is 20.6. The highest BCUT2D eigenvalue weighted by Crippen LogP contribution is 2.56. The first kappa shape index (κ1) is 31.1. The average Bonchev–Trinajstić information content (AvgIpc) is 3.90. The van der Waals surface area contributed by atoms with Crippen LogP contribution in [-0.2, 0) is 0 Å². The molecule has 0 aromatic carbocycles. The molecular formula is C40H70N4. The van der Waals surface area contributed by atoms with Crippen LogP contribution in [0.4, 0.5) is 0 Å². The molecule has 4 atom stereocenters. The van der Waals surface area contributed by atoms with Crippen LogP contribution in [0.1, 0.15) is 128 Å². The summed E-state index contributed by atoms with van der Waals surface area (Å²) in [6.07, 6.45) is 30.2. The van der Waals surface area contributed by atoms with Crippen molar-refractivity contribution >= 4 is 0 Å². The third-order valence-electron chi connectivity index (χ3n) is 15.3. The molecule has 4 aliphatic heterocycles. The smallest absolute Gasteiger partial charge is 0.00276 e. The predicted octanol–water partition coefficient (Wildman–Crippen LogP) is 7.78. The molecule has 4 nitrogen and oxygen atoms in total. The van der Waals surface area contributed by atoms with Gasteiger partial charge in [0.15, 0.2) is 0 Å². The van der Waals surface area contributed by atoms with Gasteiger partial charge in [0.1, 0.15) is 0 Å². The van der Waals surface area contributed by atoms with Gasteiger partial charge in [0, 0.05) is 65.4 Å². The Kier molecular flexibility index (Phi) is 9.73. The zero-order chi connectivity index (χ0) is 29.4. The van der Waals surface area contributed by atoms with E-state index in [-0.39, 0.29) is 0 Å². The van der Waals surface area contributed by atoms with E-state index < -0.39 is 0 Å². The van der Waals surface area contributed by atoms with Crippen molar-refractivity contribution in [2.24, 2.45) is 46.3 Å². The maximum absolute atomic E-state index is 2.93. The van der Waals surface area contributed by atoms with Crippen LogP contribution in [0.2, 0.25) is 0 Å². The number of nitrogens with zero attached hydrogens (tertiary/aromatic N) is 4. The second-order valence-electron chi connectivity index (χ2n) is 18.3. The van der Waals surface area contributed by atoms with Crippen LogP contribution < -0.4 is 0 Å². The Labute approximate surface area is 272 Å². The standard InChI is InChI=1S/C40H70N4/c1(3-5-11-21-41-25-35-29-43(23-33-13-14-33)30-36(26-41)39(35)17-7-8-18-39)2-4-6-12-22-42-27-37-31-44(24-34-15-16-34)32-38(28-42)40(37)19-9-10-20-40/h33-38H,1-32H2. The third-order valence-corrected chi connectivity index (χ3v) is 15.3. The predicted molar refractivity (Wildman–Crippen MR) is 184 cm³/mol. The van der Waals surface area contributed by atoms with E-state index in [2.05, 4.69) is 19.6 Å². The second kappa shape index (κ2) is 13.8. The Balaban J connectivity index is 0.686. The third kappa shape index (κ3) is 6.86. The summed E-state index contributed by atoms with van der Waals surface area (Å²) in [5.41, 5.74) is 1.50. The molecule has 8 rings (SSSR count). The lowest BCUT2D eigenvalue weighted by Gasteiger charge is -2.57. The van der Waals surface area contributed by atoms with Crippen LogP contribution in [0.15, 0.2) is 0 Å². The molecule has 0 amide bonds. The lowest BCUT2D eigenvalue weighted by molar-refractivity contribution is -0.0897. The summed E-state index contributed by atoms with van der Waals surface area (Å²) in [6, 6.07) is 0. The summed E-state index contributed by atoms with van der Waals surface area (Å²) in [4.78, 5) is 11.7. The number of piperidine rings is 4. The van der Waals surface area contributed by atoms with Gasteiger partial charge in [-0.1, -0.05) is 64.2 Å². The summed E-state index contributed by atoms with van der Waals surface area (Å²) in [6.45, 7) is 17.1. The molecule has 0 aromatic heterocycles. The molecule has 4 bridgehead atoms. The number of hydrogen-bond acceptors (Lipinski definition) is 4. The Morgan fingerprint density at radius 1 is 0.364 bits per heavy atom. The first-order valence-electron chi connectivity index (χ1n) is 20.6. The lowest BCUT2D eigenvalue weighted by atomic mass is 9.60. The van der Waals surface area contributed by atoms with Crippen molar-refractivity contribution in [3.63, 3.8) is 0 Å². The molecule has 8 fully saturated rings. The van der Waals surface area contributed by atoms with Crippen molar-refractivity contribution < 1.29 is 0 Å². The highest BCUT2D eigenvalue weighted by Gasteiger charge is 2.55. The van der Waals surface area contributed by atoms with Crippen molar-refractivity contribution in [2.75, 3.05) is 78.5 Å². The van der Waals surface area contributed by atoms with Gasteiger partial charge in [-0.05, 0) is 124 Å². The molecule has 0 aromatic rings. The highest BCUT2D eigenvalue weighted by atomic mass is 15.2. The Morgan fingerprint density at radius 2 is 0.659 bits per heavy atom. The monoisotopic (exact) mass is 607 g/mol. The Bertz CT molecular complexity index is 804. The van der Waals surface area contributed by atoms with Gasteiger partial charge in [-0.15, -0.1) is 0 Å². The SMILES string of the molecule is C(CCCCCN1CC2CN(CC3CC3)CC(C1)C21CCCC1)CCCCN1CC2CN(CC3CC3)CC(C1)C21CCCC1. The van der Waals surface area contributed by atoms with Gasteiger partial charge in [0.2, 0.25) is 0 Å². The van der Waals surface area contributed by atoms with E-state index in [1.54, 1.807) is 25.7 Å². The summed E-state index contributed by atoms with van der Waals surface area (Å²) < 4.78 is 0. The van der Waals surface area contributed by atoms with Crippen molar-refractivity contribution in [3.05, 3.63) is 0 Å². The summed E-state index contributed by atoms with van der Waals surface area (Å²) in [5, 5.41) is 0. The summed E-state index contributed by atoms with van der Waals surface area (Å²) >= 11 is 0. The van der Waals surface area contributed by atoms with E-state index in [9.17, 15) is 0 Å². The quantitative estimate of drug-likeness (QED) is 0.177. The molecule has 44 heavy (non-hydrogen) atoms. The molecule has 4 saturated heterocycles. The maximum Gasteiger partial charge on any atom is 0.00276 e. The fourth-order valence-corrected chi connectivity index (χ4v) is 12.6. The van der Waals surface area contributed by atoms with Gasteiger partial charge >= 0.3 is 0 Å². The number of unbranched alkanes of at least 4 members (excludes halogenated alkanes) is 7. The normalized spacial score (nSPS) is 35.7. The van der Waals surface area contributed by atoms with Gasteiger partial charge in [-0.25, -0.2) is 0 Å². The average molecular weight is 607 g/mol.